The van der Waals surface area contributed by atoms with Gasteiger partial charge in [0.15, 0.2) is 6.17 Å². The number of carbonyl (C=O) groups is 1. The van der Waals surface area contributed by atoms with Gasteiger partial charge in [-0.1, -0.05) is 18.7 Å². The minimum absolute atomic E-state index is 0.0612. The van der Waals surface area contributed by atoms with Gasteiger partial charge in [-0.3, -0.25) is 0 Å². The molecule has 1 unspecified atom stereocenters. The lowest BCUT2D eigenvalue weighted by Crippen LogP contribution is -2.40. The van der Waals surface area contributed by atoms with Crippen LogP contribution in [0.3, 0.4) is 0 Å². The van der Waals surface area contributed by atoms with Crippen LogP contribution in [0.25, 0.3) is 0 Å². The number of hydrogen-bond donors (Lipinski definition) is 0. The predicted molar refractivity (Wildman–Crippen MR) is 61.7 cm³/mol. The second-order valence-corrected chi connectivity index (χ2v) is 4.22. The van der Waals surface area contributed by atoms with Gasteiger partial charge in [-0.25, -0.2) is 9.18 Å². The van der Waals surface area contributed by atoms with E-state index in [1.165, 1.54) is 6.92 Å². The van der Waals surface area contributed by atoms with Gasteiger partial charge >= 0.3 is 18.1 Å². The van der Waals surface area contributed by atoms with Crippen molar-refractivity contribution in [2.24, 2.45) is 0 Å². The zero-order chi connectivity index (χ0) is 16.4. The number of hydrogen-bond acceptors (Lipinski definition) is 2. The number of carbonyl (C=O) groups excluding carboxylic acids is 1. The van der Waals surface area contributed by atoms with Crippen LogP contribution in [0.4, 0.5) is 26.3 Å². The molecule has 0 spiro atoms. The molecule has 0 aromatic heterocycles. The Morgan fingerprint density at radius 1 is 1.14 bits per heavy atom. The molecular weight excluding hydrogens is 302 g/mol. The molecule has 0 aliphatic carbocycles. The Morgan fingerprint density at radius 3 is 2.00 bits per heavy atom. The summed E-state index contributed by atoms with van der Waals surface area (Å²) in [7, 11) is 0. The highest BCUT2D eigenvalue weighted by molar-refractivity contribution is 5.88. The average Bonchev–Trinajstić information content (AvgIpc) is 2.37. The molecule has 116 valence electrons. The van der Waals surface area contributed by atoms with Gasteiger partial charge in [0.1, 0.15) is 5.75 Å². The van der Waals surface area contributed by atoms with E-state index in [-0.39, 0.29) is 11.3 Å². The summed E-state index contributed by atoms with van der Waals surface area (Å²) < 4.78 is 79.8. The summed E-state index contributed by atoms with van der Waals surface area (Å²) in [6.45, 7) is 4.66. The number of esters is 1. The standard InChI is InChI=1S/C13H10F6O2/c1-7(2)11(20)21-9-5-3-8(4-6-9)10(14)12(15,16)13(17,18)19/h3-6,10H,1H2,2H3. The van der Waals surface area contributed by atoms with Crippen LogP contribution in [-0.4, -0.2) is 18.1 Å². The maximum absolute atomic E-state index is 13.3. The summed E-state index contributed by atoms with van der Waals surface area (Å²) >= 11 is 0. The van der Waals surface area contributed by atoms with E-state index in [2.05, 4.69) is 6.58 Å². The molecule has 0 N–H and O–H groups in total. The monoisotopic (exact) mass is 312 g/mol. The zero-order valence-electron chi connectivity index (χ0n) is 10.7. The van der Waals surface area contributed by atoms with Gasteiger partial charge < -0.3 is 4.74 Å². The summed E-state index contributed by atoms with van der Waals surface area (Å²) in [5.41, 5.74) is -0.821. The first-order valence-corrected chi connectivity index (χ1v) is 5.53. The van der Waals surface area contributed by atoms with Crippen molar-refractivity contribution in [3.63, 3.8) is 0 Å². The van der Waals surface area contributed by atoms with Gasteiger partial charge in [0.05, 0.1) is 0 Å². The topological polar surface area (TPSA) is 26.3 Å². The first-order chi connectivity index (χ1) is 9.46. The van der Waals surface area contributed by atoms with Crippen molar-refractivity contribution in [2.75, 3.05) is 0 Å². The highest BCUT2D eigenvalue weighted by atomic mass is 19.4. The molecular formula is C13H10F6O2. The molecule has 0 heterocycles. The first kappa shape index (κ1) is 17.1. The lowest BCUT2D eigenvalue weighted by molar-refractivity contribution is -0.305. The zero-order valence-corrected chi connectivity index (χ0v) is 10.7. The molecule has 1 aromatic carbocycles. The smallest absolute Gasteiger partial charge is 0.423 e. The van der Waals surface area contributed by atoms with E-state index in [0.29, 0.717) is 12.1 Å². The van der Waals surface area contributed by atoms with Crippen LogP contribution in [0, 0.1) is 0 Å². The van der Waals surface area contributed by atoms with Gasteiger partial charge in [-0.05, 0) is 24.6 Å². The molecule has 1 rings (SSSR count). The van der Waals surface area contributed by atoms with E-state index in [0.717, 1.165) is 12.1 Å². The Balaban J connectivity index is 2.93. The number of benzene rings is 1. The van der Waals surface area contributed by atoms with Crippen molar-refractivity contribution in [1.82, 2.24) is 0 Å². The van der Waals surface area contributed by atoms with Crippen molar-refractivity contribution in [1.29, 1.82) is 0 Å². The molecule has 0 aliphatic rings. The minimum Gasteiger partial charge on any atom is -0.423 e. The van der Waals surface area contributed by atoms with Gasteiger partial charge in [0, 0.05) is 5.57 Å². The van der Waals surface area contributed by atoms with E-state index in [1.54, 1.807) is 0 Å². The lowest BCUT2D eigenvalue weighted by atomic mass is 10.0. The number of ether oxygens (including phenoxy) is 1. The molecule has 0 bridgehead atoms. The summed E-state index contributed by atoms with van der Waals surface area (Å²) in [4.78, 5) is 11.2. The van der Waals surface area contributed by atoms with E-state index in [9.17, 15) is 31.1 Å². The molecule has 0 saturated carbocycles. The van der Waals surface area contributed by atoms with Crippen LogP contribution >= 0.6 is 0 Å². The molecule has 21 heavy (non-hydrogen) atoms. The fourth-order valence-electron chi connectivity index (χ4n) is 1.25. The second kappa shape index (κ2) is 5.79. The van der Waals surface area contributed by atoms with Crippen LogP contribution < -0.4 is 4.74 Å². The summed E-state index contributed by atoms with van der Waals surface area (Å²) in [6, 6.07) is 3.20. The maximum atomic E-state index is 13.3. The maximum Gasteiger partial charge on any atom is 0.456 e. The lowest BCUT2D eigenvalue weighted by Gasteiger charge is -2.23. The van der Waals surface area contributed by atoms with Gasteiger partial charge in [0.25, 0.3) is 0 Å². The summed E-state index contributed by atoms with van der Waals surface area (Å²) in [5, 5.41) is 0. The van der Waals surface area contributed by atoms with E-state index in [1.807, 2.05) is 0 Å². The Bertz CT molecular complexity index is 533. The van der Waals surface area contributed by atoms with Crippen LogP contribution in [0.2, 0.25) is 0 Å². The molecule has 2 nitrogen and oxygen atoms in total. The van der Waals surface area contributed by atoms with Gasteiger partial charge in [0.2, 0.25) is 0 Å². The summed E-state index contributed by atoms with van der Waals surface area (Å²) in [5.74, 6) is -6.45. The van der Waals surface area contributed by atoms with Crippen LogP contribution in [0.1, 0.15) is 18.7 Å². The normalized spacial score (nSPS) is 13.7. The first-order valence-electron chi connectivity index (χ1n) is 5.53. The number of rotatable bonds is 4. The third-order valence-electron chi connectivity index (χ3n) is 2.43. The van der Waals surface area contributed by atoms with Gasteiger partial charge in [-0.2, -0.15) is 22.0 Å². The summed E-state index contributed by atoms with van der Waals surface area (Å²) in [6.07, 6.45) is -9.55. The number of halogens is 6. The van der Waals surface area contributed by atoms with E-state index in [4.69, 9.17) is 4.74 Å². The fourth-order valence-corrected chi connectivity index (χ4v) is 1.25. The molecule has 1 atom stereocenters. The molecule has 1 aromatic rings. The van der Waals surface area contributed by atoms with Crippen LogP contribution in [0.5, 0.6) is 5.75 Å². The van der Waals surface area contributed by atoms with E-state index >= 15 is 0 Å². The average molecular weight is 312 g/mol. The highest BCUT2D eigenvalue weighted by Crippen LogP contribution is 2.46. The van der Waals surface area contributed by atoms with E-state index < -0.39 is 29.8 Å². The van der Waals surface area contributed by atoms with Crippen molar-refractivity contribution < 1.29 is 35.9 Å². The predicted octanol–water partition coefficient (Wildman–Crippen LogP) is 4.38. The van der Waals surface area contributed by atoms with Crippen molar-refractivity contribution >= 4 is 5.97 Å². The fraction of sp³-hybridized carbons (Fsp3) is 0.308. The SMILES string of the molecule is C=C(C)C(=O)Oc1ccc(C(F)C(F)(F)C(F)(F)F)cc1. The van der Waals surface area contributed by atoms with Crippen molar-refractivity contribution in [2.45, 2.75) is 25.2 Å². The van der Waals surface area contributed by atoms with Crippen LogP contribution in [0.15, 0.2) is 36.4 Å². The van der Waals surface area contributed by atoms with Crippen molar-refractivity contribution in [3.8, 4) is 5.75 Å². The Labute approximate surface area is 116 Å². The third kappa shape index (κ3) is 3.77. The molecule has 0 amide bonds. The molecule has 0 saturated heterocycles. The Morgan fingerprint density at radius 2 is 1.62 bits per heavy atom. The molecule has 0 radical (unpaired) electrons. The quantitative estimate of drug-likeness (QED) is 0.357. The minimum atomic E-state index is -6.00. The third-order valence-corrected chi connectivity index (χ3v) is 2.43. The largest absolute Gasteiger partial charge is 0.456 e. The van der Waals surface area contributed by atoms with Crippen LogP contribution in [-0.2, 0) is 4.79 Å². The Hall–Kier alpha value is -1.99. The van der Waals surface area contributed by atoms with Gasteiger partial charge in [-0.15, -0.1) is 0 Å². The highest BCUT2D eigenvalue weighted by Gasteiger charge is 2.63. The molecule has 0 fully saturated rings. The van der Waals surface area contributed by atoms with Crippen molar-refractivity contribution in [3.05, 3.63) is 42.0 Å². The Kier molecular flexibility index (Phi) is 4.70. The number of alkyl halides is 6. The second-order valence-electron chi connectivity index (χ2n) is 4.22. The molecule has 0 aliphatic heterocycles. The molecule has 8 heteroatoms.